The average molecular weight is 259 g/mol. The highest BCUT2D eigenvalue weighted by atomic mass is 35.5. The molecule has 1 aromatic carbocycles. The van der Waals surface area contributed by atoms with Gasteiger partial charge in [-0.15, -0.1) is 11.6 Å². The fourth-order valence-electron chi connectivity index (χ4n) is 2.42. The molecular formula is C13H16Cl2O. The number of alkyl halides is 1. The van der Waals surface area contributed by atoms with Gasteiger partial charge in [0.15, 0.2) is 0 Å². The van der Waals surface area contributed by atoms with Gasteiger partial charge in [-0.3, -0.25) is 0 Å². The van der Waals surface area contributed by atoms with E-state index in [0.29, 0.717) is 5.92 Å². The van der Waals surface area contributed by atoms with Gasteiger partial charge in [0.1, 0.15) is 5.75 Å². The Labute approximate surface area is 107 Å². The molecule has 0 bridgehead atoms. The van der Waals surface area contributed by atoms with Crippen LogP contribution in [0.4, 0.5) is 0 Å². The molecule has 1 saturated carbocycles. The molecule has 3 heteroatoms. The molecule has 16 heavy (non-hydrogen) atoms. The number of rotatable bonds is 3. The smallest absolute Gasteiger partial charge is 0.123 e. The van der Waals surface area contributed by atoms with Crippen molar-refractivity contribution in [1.82, 2.24) is 0 Å². The van der Waals surface area contributed by atoms with Crippen LogP contribution in [0.15, 0.2) is 18.2 Å². The van der Waals surface area contributed by atoms with Crippen LogP contribution in [0, 0.1) is 5.92 Å². The Kier molecular flexibility index (Phi) is 3.99. The molecule has 1 aliphatic carbocycles. The summed E-state index contributed by atoms with van der Waals surface area (Å²) in [6, 6.07) is 5.65. The first-order valence-corrected chi connectivity index (χ1v) is 6.51. The van der Waals surface area contributed by atoms with Crippen molar-refractivity contribution in [2.75, 3.05) is 7.11 Å². The molecular weight excluding hydrogens is 243 g/mol. The zero-order valence-electron chi connectivity index (χ0n) is 9.38. The van der Waals surface area contributed by atoms with Crippen molar-refractivity contribution in [2.45, 2.75) is 31.1 Å². The number of halogens is 2. The Balaban J connectivity index is 2.26. The summed E-state index contributed by atoms with van der Waals surface area (Å²) in [4.78, 5) is 0. The van der Waals surface area contributed by atoms with Crippen LogP contribution in [0.25, 0.3) is 0 Å². The first-order chi connectivity index (χ1) is 7.72. The lowest BCUT2D eigenvalue weighted by Crippen LogP contribution is -2.05. The number of methoxy groups -OCH3 is 1. The van der Waals surface area contributed by atoms with Gasteiger partial charge in [-0.05, 0) is 37.0 Å². The minimum absolute atomic E-state index is 0.0242. The van der Waals surface area contributed by atoms with E-state index >= 15 is 0 Å². The predicted molar refractivity (Wildman–Crippen MR) is 68.6 cm³/mol. The monoisotopic (exact) mass is 258 g/mol. The third-order valence-electron chi connectivity index (χ3n) is 3.30. The molecule has 0 spiro atoms. The molecule has 0 aliphatic heterocycles. The molecule has 1 aliphatic rings. The summed E-state index contributed by atoms with van der Waals surface area (Å²) in [5, 5.41) is 0.746. The van der Waals surface area contributed by atoms with Crippen LogP contribution in [0.3, 0.4) is 0 Å². The zero-order chi connectivity index (χ0) is 11.5. The van der Waals surface area contributed by atoms with Gasteiger partial charge in [-0.1, -0.05) is 24.4 Å². The Morgan fingerprint density at radius 2 is 2.00 bits per heavy atom. The minimum atomic E-state index is 0.0242. The van der Waals surface area contributed by atoms with Gasteiger partial charge in [0.2, 0.25) is 0 Å². The van der Waals surface area contributed by atoms with Gasteiger partial charge in [-0.25, -0.2) is 0 Å². The van der Waals surface area contributed by atoms with E-state index in [1.165, 1.54) is 25.7 Å². The first kappa shape index (κ1) is 12.1. The van der Waals surface area contributed by atoms with Crippen molar-refractivity contribution < 1.29 is 4.74 Å². The topological polar surface area (TPSA) is 9.23 Å². The largest absolute Gasteiger partial charge is 0.496 e. The normalized spacial score (nSPS) is 18.7. The van der Waals surface area contributed by atoms with Crippen molar-refractivity contribution in [2.24, 2.45) is 5.92 Å². The number of benzene rings is 1. The van der Waals surface area contributed by atoms with E-state index in [2.05, 4.69) is 0 Å². The van der Waals surface area contributed by atoms with Crippen molar-refractivity contribution in [3.63, 3.8) is 0 Å². The van der Waals surface area contributed by atoms with Crippen molar-refractivity contribution in [3.8, 4) is 5.75 Å². The van der Waals surface area contributed by atoms with E-state index in [9.17, 15) is 0 Å². The van der Waals surface area contributed by atoms with E-state index in [-0.39, 0.29) is 5.38 Å². The second-order valence-corrected chi connectivity index (χ2v) is 5.24. The maximum atomic E-state index is 6.53. The number of hydrogen-bond donors (Lipinski definition) is 0. The molecule has 0 amide bonds. The lowest BCUT2D eigenvalue weighted by Gasteiger charge is -2.19. The van der Waals surface area contributed by atoms with E-state index in [1.54, 1.807) is 7.11 Å². The number of hydrogen-bond acceptors (Lipinski definition) is 1. The maximum Gasteiger partial charge on any atom is 0.123 e. The lowest BCUT2D eigenvalue weighted by molar-refractivity contribution is 0.402. The van der Waals surface area contributed by atoms with Crippen molar-refractivity contribution in [3.05, 3.63) is 28.8 Å². The Morgan fingerprint density at radius 1 is 1.31 bits per heavy atom. The average Bonchev–Trinajstić information content (AvgIpc) is 2.81. The highest BCUT2D eigenvalue weighted by Crippen LogP contribution is 2.43. The molecule has 0 heterocycles. The van der Waals surface area contributed by atoms with E-state index in [0.717, 1.165) is 16.3 Å². The SMILES string of the molecule is COc1ccc(Cl)cc1C(Cl)C1CCCC1. The Hall–Kier alpha value is -0.400. The second kappa shape index (κ2) is 5.29. The van der Waals surface area contributed by atoms with Crippen molar-refractivity contribution in [1.29, 1.82) is 0 Å². The van der Waals surface area contributed by atoms with Gasteiger partial charge < -0.3 is 4.74 Å². The molecule has 2 rings (SSSR count). The quantitative estimate of drug-likeness (QED) is 0.707. The molecule has 88 valence electrons. The molecule has 0 aromatic heterocycles. The van der Waals surface area contributed by atoms with Gasteiger partial charge in [0.25, 0.3) is 0 Å². The summed E-state index contributed by atoms with van der Waals surface area (Å²) >= 11 is 12.5. The van der Waals surface area contributed by atoms with Gasteiger partial charge in [0, 0.05) is 10.6 Å². The summed E-state index contributed by atoms with van der Waals surface area (Å²) in [6.07, 6.45) is 5.00. The Morgan fingerprint density at radius 3 is 2.62 bits per heavy atom. The zero-order valence-corrected chi connectivity index (χ0v) is 10.9. The third-order valence-corrected chi connectivity index (χ3v) is 4.13. The molecule has 1 atom stereocenters. The summed E-state index contributed by atoms with van der Waals surface area (Å²) < 4.78 is 5.34. The van der Waals surface area contributed by atoms with Crippen LogP contribution < -0.4 is 4.74 Å². The molecule has 0 saturated heterocycles. The van der Waals surface area contributed by atoms with Crippen LogP contribution in [0.1, 0.15) is 36.6 Å². The maximum absolute atomic E-state index is 6.53. The summed E-state index contributed by atoms with van der Waals surface area (Å²) in [5.74, 6) is 1.41. The highest BCUT2D eigenvalue weighted by Gasteiger charge is 2.26. The fraction of sp³-hybridized carbons (Fsp3) is 0.538. The van der Waals surface area contributed by atoms with E-state index < -0.39 is 0 Å². The predicted octanol–water partition coefficient (Wildman–Crippen LogP) is 4.82. The van der Waals surface area contributed by atoms with Crippen LogP contribution in [0.2, 0.25) is 5.02 Å². The van der Waals surface area contributed by atoms with Gasteiger partial charge >= 0.3 is 0 Å². The van der Waals surface area contributed by atoms with E-state index in [1.807, 2.05) is 18.2 Å². The number of ether oxygens (including phenoxy) is 1. The third kappa shape index (κ3) is 2.46. The lowest BCUT2D eigenvalue weighted by atomic mass is 9.96. The Bertz CT molecular complexity index is 359. The minimum Gasteiger partial charge on any atom is -0.496 e. The highest BCUT2D eigenvalue weighted by molar-refractivity contribution is 6.31. The van der Waals surface area contributed by atoms with Crippen LogP contribution in [0.5, 0.6) is 5.75 Å². The molecule has 1 fully saturated rings. The first-order valence-electron chi connectivity index (χ1n) is 5.70. The molecule has 1 aromatic rings. The van der Waals surface area contributed by atoms with Crippen molar-refractivity contribution >= 4 is 23.2 Å². The van der Waals surface area contributed by atoms with Crippen LogP contribution in [-0.2, 0) is 0 Å². The van der Waals surface area contributed by atoms with Gasteiger partial charge in [-0.2, -0.15) is 0 Å². The van der Waals surface area contributed by atoms with Gasteiger partial charge in [0.05, 0.1) is 12.5 Å². The fourth-order valence-corrected chi connectivity index (χ4v) is 3.03. The molecule has 1 nitrogen and oxygen atoms in total. The second-order valence-electron chi connectivity index (χ2n) is 4.33. The van der Waals surface area contributed by atoms with E-state index in [4.69, 9.17) is 27.9 Å². The molecule has 0 N–H and O–H groups in total. The summed E-state index contributed by atoms with van der Waals surface area (Å²) in [6.45, 7) is 0. The van der Waals surface area contributed by atoms with Crippen LogP contribution >= 0.6 is 23.2 Å². The molecule has 0 radical (unpaired) electrons. The summed E-state index contributed by atoms with van der Waals surface area (Å²) in [7, 11) is 1.67. The summed E-state index contributed by atoms with van der Waals surface area (Å²) in [5.41, 5.74) is 1.03. The standard InChI is InChI=1S/C13H16Cl2O/c1-16-12-7-6-10(14)8-11(12)13(15)9-4-2-3-5-9/h6-9,13H,2-5H2,1H3. The van der Waals surface area contributed by atoms with Crippen LogP contribution in [-0.4, -0.2) is 7.11 Å². The molecule has 1 unspecified atom stereocenters.